The molecule has 0 N–H and O–H groups in total. The molecule has 0 bridgehead atoms. The first-order valence-corrected chi connectivity index (χ1v) is 12.7. The molecule has 3 atom stereocenters. The van der Waals surface area contributed by atoms with Crippen LogP contribution in [-0.2, 0) is 23.9 Å². The van der Waals surface area contributed by atoms with Gasteiger partial charge in [0, 0.05) is 23.5 Å². The maximum Gasteiger partial charge on any atom is 0.323 e. The Kier molecular flexibility index (Phi) is 8.11. The number of methoxy groups -OCH3 is 2. The normalized spacial score (nSPS) is 21.2. The van der Waals surface area contributed by atoms with E-state index in [-0.39, 0.29) is 24.4 Å². The second-order valence-corrected chi connectivity index (χ2v) is 9.79. The minimum absolute atomic E-state index is 0.0683. The molecule has 4 rings (SSSR count). The van der Waals surface area contributed by atoms with Crippen LogP contribution in [0.15, 0.2) is 91.0 Å². The molecule has 0 heterocycles. The van der Waals surface area contributed by atoms with Gasteiger partial charge in [0.1, 0.15) is 11.2 Å². The van der Waals surface area contributed by atoms with Crippen molar-refractivity contribution in [2.24, 2.45) is 16.7 Å². The highest BCUT2D eigenvalue weighted by Crippen LogP contribution is 2.65. The Labute approximate surface area is 228 Å². The minimum Gasteiger partial charge on any atom is -0.468 e. The molecule has 6 nitrogen and oxygen atoms in total. The number of ketones is 2. The van der Waals surface area contributed by atoms with Gasteiger partial charge in [0.15, 0.2) is 11.2 Å². The van der Waals surface area contributed by atoms with Crippen LogP contribution in [0.1, 0.15) is 47.2 Å². The molecule has 0 saturated heterocycles. The van der Waals surface area contributed by atoms with Gasteiger partial charge in [0.25, 0.3) is 0 Å². The summed E-state index contributed by atoms with van der Waals surface area (Å²) in [5, 5.41) is 0. The lowest BCUT2D eigenvalue weighted by atomic mass is 9.60. The topological polar surface area (TPSA) is 86.7 Å². The van der Waals surface area contributed by atoms with Crippen LogP contribution >= 0.6 is 0 Å². The zero-order valence-electron chi connectivity index (χ0n) is 22.2. The third kappa shape index (κ3) is 4.88. The van der Waals surface area contributed by atoms with E-state index in [1.54, 1.807) is 60.7 Å². The van der Waals surface area contributed by atoms with Gasteiger partial charge in [0.05, 0.1) is 14.2 Å². The summed E-state index contributed by atoms with van der Waals surface area (Å²) in [7, 11) is 2.40. The van der Waals surface area contributed by atoms with Crippen molar-refractivity contribution in [2.45, 2.75) is 25.7 Å². The second-order valence-electron chi connectivity index (χ2n) is 9.79. The second kappa shape index (κ2) is 11.5. The number of ether oxygens (including phenoxy) is 2. The Morgan fingerprint density at radius 3 is 1.82 bits per heavy atom. The minimum atomic E-state index is -1.92. The third-order valence-corrected chi connectivity index (χ3v) is 7.53. The van der Waals surface area contributed by atoms with Gasteiger partial charge in [-0.05, 0) is 37.0 Å². The summed E-state index contributed by atoms with van der Waals surface area (Å²) in [6, 6.07) is 26.7. The molecule has 3 aromatic rings. The van der Waals surface area contributed by atoms with E-state index in [0.29, 0.717) is 16.7 Å². The van der Waals surface area contributed by atoms with Crippen LogP contribution in [-0.4, -0.2) is 37.7 Å². The zero-order valence-corrected chi connectivity index (χ0v) is 22.2. The molecular formula is C33H30O6. The molecule has 0 aliphatic heterocycles. The van der Waals surface area contributed by atoms with Gasteiger partial charge in [-0.15, -0.1) is 0 Å². The van der Waals surface area contributed by atoms with E-state index >= 15 is 0 Å². The number of esters is 2. The van der Waals surface area contributed by atoms with Crippen molar-refractivity contribution in [1.29, 1.82) is 0 Å². The average Bonchev–Trinajstić information content (AvgIpc) is 3.27. The van der Waals surface area contributed by atoms with Gasteiger partial charge in [-0.2, -0.15) is 0 Å². The molecule has 0 aromatic heterocycles. The molecule has 3 aromatic carbocycles. The van der Waals surface area contributed by atoms with Crippen molar-refractivity contribution in [3.8, 4) is 11.8 Å². The summed E-state index contributed by atoms with van der Waals surface area (Å²) in [6.07, 6.45) is -0.214. The lowest BCUT2D eigenvalue weighted by molar-refractivity contribution is -0.170. The lowest BCUT2D eigenvalue weighted by Crippen LogP contribution is -2.48. The van der Waals surface area contributed by atoms with Crippen molar-refractivity contribution in [2.75, 3.05) is 14.2 Å². The molecule has 1 fully saturated rings. The van der Waals surface area contributed by atoms with E-state index in [0.717, 1.165) is 0 Å². The number of carbonyl (C=O) groups excluding carboxylic acids is 4. The van der Waals surface area contributed by atoms with Crippen molar-refractivity contribution in [3.63, 3.8) is 0 Å². The number of benzene rings is 3. The summed E-state index contributed by atoms with van der Waals surface area (Å²) in [5.74, 6) is 2.29. The predicted molar refractivity (Wildman–Crippen MR) is 146 cm³/mol. The van der Waals surface area contributed by atoms with Crippen LogP contribution in [0.25, 0.3) is 0 Å². The van der Waals surface area contributed by atoms with Crippen molar-refractivity contribution in [3.05, 3.63) is 108 Å². The summed E-state index contributed by atoms with van der Waals surface area (Å²) >= 11 is 0. The van der Waals surface area contributed by atoms with E-state index < -0.39 is 34.6 Å². The first kappa shape index (κ1) is 27.5. The van der Waals surface area contributed by atoms with Gasteiger partial charge in [-0.3, -0.25) is 14.4 Å². The number of hydrogen-bond acceptors (Lipinski definition) is 6. The molecular weight excluding hydrogens is 492 g/mol. The Morgan fingerprint density at radius 1 is 0.795 bits per heavy atom. The fourth-order valence-corrected chi connectivity index (χ4v) is 5.99. The van der Waals surface area contributed by atoms with Crippen molar-refractivity contribution >= 4 is 23.5 Å². The zero-order chi connectivity index (χ0) is 28.0. The Hall–Kier alpha value is -4.50. The van der Waals surface area contributed by atoms with Crippen molar-refractivity contribution in [1.82, 2.24) is 0 Å². The summed E-state index contributed by atoms with van der Waals surface area (Å²) < 4.78 is 10.4. The van der Waals surface area contributed by atoms with Crippen LogP contribution in [0.4, 0.5) is 0 Å². The first-order valence-electron chi connectivity index (χ1n) is 12.7. The predicted octanol–water partition coefficient (Wildman–Crippen LogP) is 5.02. The van der Waals surface area contributed by atoms with Crippen LogP contribution in [0.3, 0.4) is 0 Å². The third-order valence-electron chi connectivity index (χ3n) is 7.53. The monoisotopic (exact) mass is 522 g/mol. The van der Waals surface area contributed by atoms with Gasteiger partial charge >= 0.3 is 11.9 Å². The average molecular weight is 523 g/mol. The van der Waals surface area contributed by atoms with Gasteiger partial charge < -0.3 is 14.3 Å². The molecule has 1 unspecified atom stereocenters. The fourth-order valence-electron chi connectivity index (χ4n) is 5.99. The summed E-state index contributed by atoms with van der Waals surface area (Å²) in [6.45, 7) is 1.43. The molecule has 1 aliphatic rings. The Morgan fingerprint density at radius 2 is 1.31 bits per heavy atom. The van der Waals surface area contributed by atoms with E-state index in [9.17, 15) is 19.2 Å². The number of Topliss-reactive ketones (excluding diaryl/α,β-unsaturated/α-hetero) is 2. The molecule has 1 saturated carbocycles. The molecule has 0 spiro atoms. The first-order chi connectivity index (χ1) is 18.8. The number of rotatable bonds is 7. The summed E-state index contributed by atoms with van der Waals surface area (Å²) in [5.41, 5.74) is -2.00. The van der Waals surface area contributed by atoms with E-state index in [4.69, 9.17) is 9.47 Å². The van der Waals surface area contributed by atoms with Crippen LogP contribution in [0, 0.1) is 28.6 Å². The molecule has 6 heteroatoms. The van der Waals surface area contributed by atoms with E-state index in [1.165, 1.54) is 21.1 Å². The maximum absolute atomic E-state index is 14.8. The van der Waals surface area contributed by atoms with E-state index in [2.05, 4.69) is 11.8 Å². The highest BCUT2D eigenvalue weighted by atomic mass is 16.5. The van der Waals surface area contributed by atoms with Crippen LogP contribution in [0.2, 0.25) is 0 Å². The van der Waals surface area contributed by atoms with Crippen LogP contribution < -0.4 is 0 Å². The van der Waals surface area contributed by atoms with Gasteiger partial charge in [-0.25, -0.2) is 0 Å². The molecule has 0 radical (unpaired) electrons. The number of carbonyl (C=O) groups is 4. The Balaban J connectivity index is 2.15. The highest BCUT2D eigenvalue weighted by Gasteiger charge is 2.72. The standard InChI is InChI=1S/C33H30O6/c1-23(34)21-27-22-33(30(36)38-2,31(37)39-3)28(25-15-9-5-10-16-25)32(27,20-19-24-13-7-4-8-14-24)29(35)26-17-11-6-12-18-26/h4-18,27-28H,21-22H2,1-3H3/t27-,28-,32?/m0/s1. The van der Waals surface area contributed by atoms with Gasteiger partial charge in [-0.1, -0.05) is 90.7 Å². The lowest BCUT2D eigenvalue weighted by Gasteiger charge is -2.38. The molecule has 39 heavy (non-hydrogen) atoms. The number of hydrogen-bond donors (Lipinski definition) is 0. The largest absolute Gasteiger partial charge is 0.468 e. The highest BCUT2D eigenvalue weighted by molar-refractivity contribution is 6.09. The molecule has 198 valence electrons. The molecule has 1 aliphatic carbocycles. The molecule has 0 amide bonds. The van der Waals surface area contributed by atoms with Gasteiger partial charge in [0.2, 0.25) is 0 Å². The Bertz CT molecular complexity index is 1400. The smallest absolute Gasteiger partial charge is 0.323 e. The summed E-state index contributed by atoms with van der Waals surface area (Å²) in [4.78, 5) is 54.8. The van der Waals surface area contributed by atoms with E-state index in [1.807, 2.05) is 30.3 Å². The van der Waals surface area contributed by atoms with Crippen LogP contribution in [0.5, 0.6) is 0 Å². The van der Waals surface area contributed by atoms with Crippen molar-refractivity contribution < 1.29 is 28.7 Å². The fraction of sp³-hybridized carbons (Fsp3) is 0.273. The maximum atomic E-state index is 14.8. The SMILES string of the molecule is COC(=O)C1(C(=O)OC)C[C@H](CC(C)=O)C(C#Cc2ccccc2)(C(=O)c2ccccc2)[C@@H]1c1ccccc1. The quantitative estimate of drug-likeness (QED) is 0.187.